The lowest BCUT2D eigenvalue weighted by Crippen LogP contribution is -3.12. The molecule has 2 saturated heterocycles. The molecule has 98 valence electrons. The number of likely N-dealkylation sites (tertiary alicyclic amines) is 2. The number of nitrogens with zero attached hydrogens (tertiary/aromatic N) is 1. The van der Waals surface area contributed by atoms with E-state index in [0.29, 0.717) is 19.3 Å². The van der Waals surface area contributed by atoms with Crippen molar-refractivity contribution in [1.82, 2.24) is 4.90 Å². The van der Waals surface area contributed by atoms with Crippen molar-refractivity contribution in [2.24, 2.45) is 0 Å². The Labute approximate surface area is 102 Å². The average Bonchev–Trinajstić information content (AvgIpc) is 2.64. The molecular weight excluding hydrogens is 239 g/mol. The average molecular weight is 261 g/mol. The first-order valence-electron chi connectivity index (χ1n) is 6.49. The van der Waals surface area contributed by atoms with E-state index in [0.717, 1.165) is 32.4 Å². The number of nitrogens with one attached hydrogen (secondary N) is 1. The van der Waals surface area contributed by atoms with E-state index in [2.05, 4.69) is 0 Å². The van der Waals surface area contributed by atoms with Gasteiger partial charge in [-0.05, 0) is 25.7 Å². The molecule has 2 fully saturated rings. The van der Waals surface area contributed by atoms with Crippen molar-refractivity contribution >= 4 is 13.3 Å². The summed E-state index contributed by atoms with van der Waals surface area (Å²) in [6.45, 7) is 2.65. The topological polar surface area (TPSA) is 62.0 Å². The molecule has 0 aromatic rings. The van der Waals surface area contributed by atoms with Gasteiger partial charge in [-0.2, -0.15) is 0 Å². The van der Waals surface area contributed by atoms with Gasteiger partial charge >= 0.3 is 0 Å². The van der Waals surface area contributed by atoms with E-state index in [1.54, 1.807) is 4.90 Å². The van der Waals surface area contributed by atoms with E-state index in [4.69, 9.17) is 0 Å². The molecule has 2 N–H and O–H groups in total. The zero-order chi connectivity index (χ0) is 12.3. The molecule has 0 aromatic heterocycles. The zero-order valence-corrected chi connectivity index (χ0v) is 11.1. The van der Waals surface area contributed by atoms with Crippen LogP contribution in [0.1, 0.15) is 32.1 Å². The predicted molar refractivity (Wildman–Crippen MR) is 65.1 cm³/mol. The highest BCUT2D eigenvalue weighted by Crippen LogP contribution is 2.39. The summed E-state index contributed by atoms with van der Waals surface area (Å²) in [7, 11) is -3.18. The van der Waals surface area contributed by atoms with Gasteiger partial charge in [-0.3, -0.25) is 9.36 Å². The summed E-state index contributed by atoms with van der Waals surface area (Å²) >= 11 is 0. The summed E-state index contributed by atoms with van der Waals surface area (Å²) in [5.41, 5.74) is 0. The number of rotatable bonds is 4. The van der Waals surface area contributed by atoms with E-state index in [-0.39, 0.29) is 12.2 Å². The predicted octanol–water partition coefficient (Wildman–Crippen LogP) is -0.137. The molecule has 0 aromatic carbocycles. The Morgan fingerprint density at radius 3 is 2.53 bits per heavy atom. The van der Waals surface area contributed by atoms with Crippen molar-refractivity contribution < 1.29 is 19.2 Å². The Balaban J connectivity index is 1.84. The highest BCUT2D eigenvalue weighted by molar-refractivity contribution is 7.57. The van der Waals surface area contributed by atoms with E-state index in [1.807, 2.05) is 0 Å². The molecule has 0 saturated carbocycles. The highest BCUT2D eigenvalue weighted by Gasteiger charge is 2.32. The van der Waals surface area contributed by atoms with Crippen LogP contribution in [0.3, 0.4) is 0 Å². The lowest BCUT2D eigenvalue weighted by molar-refractivity contribution is -0.893. The van der Waals surface area contributed by atoms with Crippen LogP contribution in [0.4, 0.5) is 0 Å². The minimum Gasteiger partial charge on any atom is -0.339 e. The van der Waals surface area contributed by atoms with Gasteiger partial charge in [0.1, 0.15) is 6.29 Å². The van der Waals surface area contributed by atoms with Gasteiger partial charge in [0, 0.05) is 13.0 Å². The van der Waals surface area contributed by atoms with Gasteiger partial charge in [-0.1, -0.05) is 0 Å². The monoisotopic (exact) mass is 261 g/mol. The van der Waals surface area contributed by atoms with Gasteiger partial charge in [0.25, 0.3) is 7.37 Å². The quantitative estimate of drug-likeness (QED) is 0.693. The fourth-order valence-electron chi connectivity index (χ4n) is 2.73. The molecule has 0 spiro atoms. The smallest absolute Gasteiger partial charge is 0.271 e. The Hall–Kier alpha value is -0.380. The number of amides is 1. The van der Waals surface area contributed by atoms with E-state index in [9.17, 15) is 14.3 Å². The molecule has 2 aliphatic heterocycles. The number of hydrogen-bond donors (Lipinski definition) is 2. The van der Waals surface area contributed by atoms with E-state index < -0.39 is 7.37 Å². The second-order valence-corrected chi connectivity index (χ2v) is 7.51. The Kier molecular flexibility index (Phi) is 4.23. The van der Waals surface area contributed by atoms with Gasteiger partial charge in [0.2, 0.25) is 5.91 Å². The summed E-state index contributed by atoms with van der Waals surface area (Å²) in [6.07, 6.45) is 5.30. The van der Waals surface area contributed by atoms with Crippen LogP contribution in [0.25, 0.3) is 0 Å². The standard InChI is InChI=1S/C11H21N2O3P/c14-11-5-4-8-13(11)10-17(15,16)9-12-6-2-1-3-7-12/h1-10H2,(H,15,16)/p+1. The number of quaternary nitrogens is 1. The molecule has 1 atom stereocenters. The maximum atomic E-state index is 12.1. The first kappa shape index (κ1) is 13.1. The molecule has 17 heavy (non-hydrogen) atoms. The normalized spacial score (nSPS) is 26.2. The molecule has 2 rings (SSSR count). The molecule has 1 unspecified atom stereocenters. The van der Waals surface area contributed by atoms with E-state index >= 15 is 0 Å². The van der Waals surface area contributed by atoms with Crippen molar-refractivity contribution in [3.63, 3.8) is 0 Å². The van der Waals surface area contributed by atoms with Gasteiger partial charge in [-0.25, -0.2) is 0 Å². The summed E-state index contributed by atoms with van der Waals surface area (Å²) in [5.74, 6) is 0.0351. The third-order valence-electron chi connectivity index (χ3n) is 3.59. The number of carbonyl (C=O) groups is 1. The zero-order valence-electron chi connectivity index (χ0n) is 10.2. The fraction of sp³-hybridized carbons (Fsp3) is 0.909. The van der Waals surface area contributed by atoms with Crippen molar-refractivity contribution in [2.75, 3.05) is 32.2 Å². The minimum absolute atomic E-state index is 0.0351. The summed E-state index contributed by atoms with van der Waals surface area (Å²) in [5, 5.41) is 0. The van der Waals surface area contributed by atoms with Crippen molar-refractivity contribution in [3.8, 4) is 0 Å². The summed E-state index contributed by atoms with van der Waals surface area (Å²) in [6, 6.07) is 0. The maximum Gasteiger partial charge on any atom is 0.271 e. The number of piperidine rings is 1. The Morgan fingerprint density at radius 2 is 1.94 bits per heavy atom. The SMILES string of the molecule is O=C1CCCN1CP(=O)(O)C[NH+]1CCCCC1. The third-order valence-corrected chi connectivity index (χ3v) is 5.32. The van der Waals surface area contributed by atoms with Crippen LogP contribution in [0.2, 0.25) is 0 Å². The van der Waals surface area contributed by atoms with E-state index in [1.165, 1.54) is 11.3 Å². The molecule has 2 heterocycles. The van der Waals surface area contributed by atoms with Crippen LogP contribution in [0.15, 0.2) is 0 Å². The van der Waals surface area contributed by atoms with Crippen LogP contribution in [0.5, 0.6) is 0 Å². The van der Waals surface area contributed by atoms with Crippen LogP contribution in [-0.4, -0.2) is 47.9 Å². The first-order valence-corrected chi connectivity index (χ1v) is 8.52. The van der Waals surface area contributed by atoms with Gasteiger partial charge in [0.15, 0.2) is 6.29 Å². The first-order chi connectivity index (χ1) is 8.07. The minimum atomic E-state index is -3.18. The van der Waals surface area contributed by atoms with Crippen LogP contribution in [0, 0.1) is 0 Å². The lowest BCUT2D eigenvalue weighted by Gasteiger charge is -2.27. The molecule has 0 aliphatic carbocycles. The van der Waals surface area contributed by atoms with Gasteiger partial charge < -0.3 is 14.7 Å². The number of carbonyl (C=O) groups excluding carboxylic acids is 1. The molecule has 5 nitrogen and oxygen atoms in total. The van der Waals surface area contributed by atoms with Crippen LogP contribution >= 0.6 is 7.37 Å². The lowest BCUT2D eigenvalue weighted by atomic mass is 10.1. The maximum absolute atomic E-state index is 12.1. The fourth-order valence-corrected chi connectivity index (χ4v) is 4.68. The molecule has 6 heteroatoms. The van der Waals surface area contributed by atoms with Crippen molar-refractivity contribution in [2.45, 2.75) is 32.1 Å². The second-order valence-electron chi connectivity index (χ2n) is 5.22. The highest BCUT2D eigenvalue weighted by atomic mass is 31.2. The molecule has 1 amide bonds. The van der Waals surface area contributed by atoms with Crippen molar-refractivity contribution in [3.05, 3.63) is 0 Å². The molecule has 2 aliphatic rings. The largest absolute Gasteiger partial charge is 0.339 e. The van der Waals surface area contributed by atoms with Gasteiger partial charge in [-0.15, -0.1) is 0 Å². The molecular formula is C11H22N2O3P+. The Bertz CT molecular complexity index is 329. The Morgan fingerprint density at radius 1 is 1.24 bits per heavy atom. The summed E-state index contributed by atoms with van der Waals surface area (Å²) in [4.78, 5) is 24.2. The molecule has 0 radical (unpaired) electrons. The second kappa shape index (κ2) is 5.51. The van der Waals surface area contributed by atoms with Crippen molar-refractivity contribution in [1.29, 1.82) is 0 Å². The van der Waals surface area contributed by atoms with Crippen LogP contribution < -0.4 is 4.90 Å². The number of hydrogen-bond acceptors (Lipinski definition) is 2. The van der Waals surface area contributed by atoms with Gasteiger partial charge in [0.05, 0.1) is 13.1 Å². The molecule has 0 bridgehead atoms. The summed E-state index contributed by atoms with van der Waals surface area (Å²) < 4.78 is 12.1. The van der Waals surface area contributed by atoms with Crippen LogP contribution in [-0.2, 0) is 9.36 Å². The third kappa shape index (κ3) is 3.80.